The number of carbonyl (C=O) groups excluding carboxylic acids is 1. The molecule has 1 N–H and O–H groups in total. The summed E-state index contributed by atoms with van der Waals surface area (Å²) in [5.41, 5.74) is 0.974. The van der Waals surface area contributed by atoms with E-state index >= 15 is 0 Å². The van der Waals surface area contributed by atoms with Crippen LogP contribution in [-0.4, -0.2) is 41.7 Å². The first-order valence-corrected chi connectivity index (χ1v) is 7.18. The molecular formula is C16H20N2O3. The molecule has 0 spiro atoms. The van der Waals surface area contributed by atoms with Gasteiger partial charge in [0.1, 0.15) is 12.7 Å². The minimum Gasteiger partial charge on any atom is -0.460 e. The Morgan fingerprint density at radius 2 is 2.05 bits per heavy atom. The summed E-state index contributed by atoms with van der Waals surface area (Å²) in [5, 5.41) is 18.2. The van der Waals surface area contributed by atoms with Crippen molar-refractivity contribution in [2.45, 2.75) is 25.6 Å². The molecular weight excluding hydrogens is 268 g/mol. The number of benzene rings is 1. The summed E-state index contributed by atoms with van der Waals surface area (Å²) < 4.78 is 5.24. The molecule has 0 radical (unpaired) electrons. The largest absolute Gasteiger partial charge is 0.460 e. The predicted molar refractivity (Wildman–Crippen MR) is 77.0 cm³/mol. The SMILES string of the molecule is N#CC(O)C1CCN(CC(=O)OCc2ccccc2)CC1. The number of piperidine rings is 1. The van der Waals surface area contributed by atoms with Crippen LogP contribution >= 0.6 is 0 Å². The number of aliphatic hydroxyl groups excluding tert-OH is 1. The van der Waals surface area contributed by atoms with Gasteiger partial charge < -0.3 is 9.84 Å². The molecule has 1 aliphatic heterocycles. The highest BCUT2D eigenvalue weighted by atomic mass is 16.5. The molecule has 0 bridgehead atoms. The van der Waals surface area contributed by atoms with Crippen LogP contribution in [0, 0.1) is 17.2 Å². The number of nitrogens with zero attached hydrogens (tertiary/aromatic N) is 2. The van der Waals surface area contributed by atoms with E-state index in [2.05, 4.69) is 0 Å². The second kappa shape index (κ2) is 7.77. The first-order valence-electron chi connectivity index (χ1n) is 7.18. The van der Waals surface area contributed by atoms with Crippen molar-refractivity contribution in [3.8, 4) is 6.07 Å². The summed E-state index contributed by atoms with van der Waals surface area (Å²) in [7, 11) is 0. The lowest BCUT2D eigenvalue weighted by atomic mass is 9.92. The van der Waals surface area contributed by atoms with Crippen molar-refractivity contribution >= 4 is 5.97 Å². The third-order valence-electron chi connectivity index (χ3n) is 3.81. The van der Waals surface area contributed by atoms with E-state index in [1.807, 2.05) is 41.3 Å². The Bertz CT molecular complexity index is 490. The molecule has 2 rings (SSSR count). The lowest BCUT2D eigenvalue weighted by Gasteiger charge is -2.31. The molecule has 0 saturated carbocycles. The summed E-state index contributed by atoms with van der Waals surface area (Å²) in [4.78, 5) is 13.8. The van der Waals surface area contributed by atoms with Gasteiger partial charge in [0, 0.05) is 5.92 Å². The molecule has 112 valence electrons. The van der Waals surface area contributed by atoms with Gasteiger partial charge in [-0.3, -0.25) is 9.69 Å². The Hall–Kier alpha value is -1.90. The van der Waals surface area contributed by atoms with E-state index in [4.69, 9.17) is 10.00 Å². The van der Waals surface area contributed by atoms with Crippen LogP contribution in [0.4, 0.5) is 0 Å². The third-order valence-corrected chi connectivity index (χ3v) is 3.81. The van der Waals surface area contributed by atoms with E-state index in [1.165, 1.54) is 0 Å². The fraction of sp³-hybridized carbons (Fsp3) is 0.500. The molecule has 0 aromatic heterocycles. The summed E-state index contributed by atoms with van der Waals surface area (Å²) in [6, 6.07) is 11.5. The predicted octanol–water partition coefficient (Wildman–Crippen LogP) is 1.33. The minimum atomic E-state index is -0.891. The highest BCUT2D eigenvalue weighted by Gasteiger charge is 2.26. The van der Waals surface area contributed by atoms with Crippen molar-refractivity contribution in [3.63, 3.8) is 0 Å². The first-order chi connectivity index (χ1) is 10.2. The maximum Gasteiger partial charge on any atom is 0.320 e. The average molecular weight is 288 g/mol. The number of likely N-dealkylation sites (tertiary alicyclic amines) is 1. The maximum atomic E-state index is 11.8. The zero-order chi connectivity index (χ0) is 15.1. The van der Waals surface area contributed by atoms with Crippen molar-refractivity contribution in [3.05, 3.63) is 35.9 Å². The lowest BCUT2D eigenvalue weighted by Crippen LogP contribution is -2.40. The van der Waals surface area contributed by atoms with Crippen molar-refractivity contribution in [1.29, 1.82) is 5.26 Å². The van der Waals surface area contributed by atoms with Gasteiger partial charge in [-0.05, 0) is 31.5 Å². The quantitative estimate of drug-likeness (QED) is 0.653. The Morgan fingerprint density at radius 1 is 1.38 bits per heavy atom. The van der Waals surface area contributed by atoms with Crippen LogP contribution in [0.2, 0.25) is 0 Å². The van der Waals surface area contributed by atoms with E-state index in [-0.39, 0.29) is 18.4 Å². The van der Waals surface area contributed by atoms with Crippen LogP contribution in [0.25, 0.3) is 0 Å². The normalized spacial score (nSPS) is 17.9. The monoisotopic (exact) mass is 288 g/mol. The van der Waals surface area contributed by atoms with Crippen LogP contribution in [0.1, 0.15) is 18.4 Å². The lowest BCUT2D eigenvalue weighted by molar-refractivity contribution is -0.146. The van der Waals surface area contributed by atoms with Crippen molar-refractivity contribution in [2.24, 2.45) is 5.92 Å². The standard InChI is InChI=1S/C16H20N2O3/c17-10-15(19)14-6-8-18(9-7-14)11-16(20)21-12-13-4-2-1-3-5-13/h1-5,14-15,19H,6-9,11-12H2. The molecule has 1 fully saturated rings. The number of hydrogen-bond donors (Lipinski definition) is 1. The van der Waals surface area contributed by atoms with Crippen LogP contribution in [-0.2, 0) is 16.1 Å². The molecule has 0 amide bonds. The average Bonchev–Trinajstić information content (AvgIpc) is 2.54. The van der Waals surface area contributed by atoms with Crippen LogP contribution in [0.3, 0.4) is 0 Å². The van der Waals surface area contributed by atoms with E-state index in [1.54, 1.807) is 0 Å². The molecule has 1 saturated heterocycles. The molecule has 1 aromatic carbocycles. The molecule has 1 unspecified atom stereocenters. The molecule has 1 aliphatic rings. The molecule has 5 heteroatoms. The topological polar surface area (TPSA) is 73.6 Å². The summed E-state index contributed by atoms with van der Waals surface area (Å²) in [6.07, 6.45) is 0.582. The van der Waals surface area contributed by atoms with Crippen LogP contribution in [0.15, 0.2) is 30.3 Å². The van der Waals surface area contributed by atoms with Gasteiger partial charge in [0.15, 0.2) is 0 Å². The highest BCUT2D eigenvalue weighted by Crippen LogP contribution is 2.20. The van der Waals surface area contributed by atoms with E-state index < -0.39 is 6.10 Å². The number of rotatable bonds is 5. The molecule has 1 aromatic rings. The third kappa shape index (κ3) is 4.85. The number of esters is 1. The second-order valence-corrected chi connectivity index (χ2v) is 5.33. The first kappa shape index (κ1) is 15.5. The van der Waals surface area contributed by atoms with Crippen molar-refractivity contribution in [1.82, 2.24) is 4.90 Å². The number of nitriles is 1. The number of aliphatic hydroxyl groups is 1. The molecule has 0 aliphatic carbocycles. The molecule has 21 heavy (non-hydrogen) atoms. The molecule has 1 atom stereocenters. The zero-order valence-corrected chi connectivity index (χ0v) is 11.9. The van der Waals surface area contributed by atoms with Crippen LogP contribution < -0.4 is 0 Å². The van der Waals surface area contributed by atoms with Gasteiger partial charge in [-0.25, -0.2) is 0 Å². The second-order valence-electron chi connectivity index (χ2n) is 5.33. The van der Waals surface area contributed by atoms with Gasteiger partial charge >= 0.3 is 5.97 Å². The highest BCUT2D eigenvalue weighted by molar-refractivity contribution is 5.71. The van der Waals surface area contributed by atoms with Gasteiger partial charge in [-0.15, -0.1) is 0 Å². The molecule has 1 heterocycles. The van der Waals surface area contributed by atoms with Gasteiger partial charge in [-0.1, -0.05) is 30.3 Å². The number of carbonyl (C=O) groups is 1. The number of hydrogen-bond acceptors (Lipinski definition) is 5. The van der Waals surface area contributed by atoms with E-state index in [9.17, 15) is 9.90 Å². The van der Waals surface area contributed by atoms with E-state index in [0.717, 1.165) is 18.4 Å². The summed E-state index contributed by atoms with van der Waals surface area (Å²) in [6.45, 7) is 1.99. The van der Waals surface area contributed by atoms with Gasteiger partial charge in [0.2, 0.25) is 0 Å². The fourth-order valence-corrected chi connectivity index (χ4v) is 2.50. The van der Waals surface area contributed by atoms with E-state index in [0.29, 0.717) is 19.7 Å². The van der Waals surface area contributed by atoms with Crippen LogP contribution in [0.5, 0.6) is 0 Å². The van der Waals surface area contributed by atoms with Crippen molar-refractivity contribution in [2.75, 3.05) is 19.6 Å². The fourth-order valence-electron chi connectivity index (χ4n) is 2.50. The Labute approximate surface area is 124 Å². The molecule has 5 nitrogen and oxygen atoms in total. The zero-order valence-electron chi connectivity index (χ0n) is 11.9. The number of ether oxygens (including phenoxy) is 1. The smallest absolute Gasteiger partial charge is 0.320 e. The van der Waals surface area contributed by atoms with Crippen molar-refractivity contribution < 1.29 is 14.6 Å². The van der Waals surface area contributed by atoms with Gasteiger partial charge in [0.25, 0.3) is 0 Å². The maximum absolute atomic E-state index is 11.8. The minimum absolute atomic E-state index is 0.0200. The van der Waals surface area contributed by atoms with Gasteiger partial charge in [-0.2, -0.15) is 5.26 Å². The Balaban J connectivity index is 1.69. The Morgan fingerprint density at radius 3 is 2.67 bits per heavy atom. The van der Waals surface area contributed by atoms with Gasteiger partial charge in [0.05, 0.1) is 12.6 Å². The summed E-state index contributed by atoms with van der Waals surface area (Å²) >= 11 is 0. The Kier molecular flexibility index (Phi) is 5.73. The summed E-state index contributed by atoms with van der Waals surface area (Å²) in [5.74, 6) is -0.218.